The molecule has 0 spiro atoms. The Morgan fingerprint density at radius 3 is 2.29 bits per heavy atom. The van der Waals surface area contributed by atoms with Crippen LogP contribution in [0.3, 0.4) is 0 Å². The van der Waals surface area contributed by atoms with Crippen molar-refractivity contribution >= 4 is 23.3 Å². The zero-order chi connectivity index (χ0) is 19.3. The highest BCUT2D eigenvalue weighted by molar-refractivity contribution is 6.05. The molecular formula is C23H23N5. The second-order valence-electron chi connectivity index (χ2n) is 6.77. The molecule has 0 amide bonds. The minimum Gasteiger partial charge on any atom is -0.325 e. The first-order chi connectivity index (χ1) is 13.7. The summed E-state index contributed by atoms with van der Waals surface area (Å²) >= 11 is 0. The number of aliphatic imine (C=N–C) groups is 1. The number of rotatable bonds is 5. The minimum atomic E-state index is 0.250. The monoisotopic (exact) mass is 369 g/mol. The smallest absolute Gasteiger partial charge is 0.229 e. The molecule has 0 fully saturated rings. The van der Waals surface area contributed by atoms with Gasteiger partial charge in [0, 0.05) is 17.3 Å². The summed E-state index contributed by atoms with van der Waals surface area (Å²) in [5.74, 6) is 2.10. The number of nitrogens with one attached hydrogen (secondary N) is 2. The van der Waals surface area contributed by atoms with Gasteiger partial charge >= 0.3 is 0 Å². The fourth-order valence-electron chi connectivity index (χ4n) is 3.21. The fraction of sp³-hybridized carbons (Fsp3) is 0.174. The Morgan fingerprint density at radius 2 is 1.61 bits per heavy atom. The fourth-order valence-corrected chi connectivity index (χ4v) is 3.21. The predicted octanol–water partition coefficient (Wildman–Crippen LogP) is 5.44. The van der Waals surface area contributed by atoms with Gasteiger partial charge in [0.25, 0.3) is 0 Å². The van der Waals surface area contributed by atoms with E-state index in [0.717, 1.165) is 29.2 Å². The zero-order valence-corrected chi connectivity index (χ0v) is 16.1. The van der Waals surface area contributed by atoms with Crippen LogP contribution in [0, 0.1) is 0 Å². The number of nitrogens with zero attached hydrogens (tertiary/aromatic N) is 3. The lowest BCUT2D eigenvalue weighted by molar-refractivity contribution is 0.756. The van der Waals surface area contributed by atoms with E-state index < -0.39 is 0 Å². The molecule has 1 aromatic heterocycles. The summed E-state index contributed by atoms with van der Waals surface area (Å²) < 4.78 is 0. The van der Waals surface area contributed by atoms with Gasteiger partial charge in [-0.15, -0.1) is 0 Å². The molecule has 5 nitrogen and oxygen atoms in total. The normalized spacial score (nSPS) is 15.7. The van der Waals surface area contributed by atoms with Crippen molar-refractivity contribution in [3.63, 3.8) is 0 Å². The van der Waals surface area contributed by atoms with Gasteiger partial charge in [-0.3, -0.25) is 4.99 Å². The number of para-hydroxylation sites is 1. The maximum Gasteiger partial charge on any atom is 0.229 e. The van der Waals surface area contributed by atoms with Crippen LogP contribution in [-0.2, 0) is 0 Å². The van der Waals surface area contributed by atoms with Crippen LogP contribution < -0.4 is 10.6 Å². The number of hydrogen-bond acceptors (Lipinski definition) is 5. The Kier molecular flexibility index (Phi) is 5.15. The van der Waals surface area contributed by atoms with E-state index in [0.29, 0.717) is 11.8 Å². The lowest BCUT2D eigenvalue weighted by Crippen LogP contribution is -2.11. The molecular weight excluding hydrogens is 346 g/mol. The van der Waals surface area contributed by atoms with Crippen molar-refractivity contribution in [2.75, 3.05) is 10.6 Å². The molecule has 1 aliphatic heterocycles. The Labute approximate surface area is 165 Å². The van der Waals surface area contributed by atoms with Crippen LogP contribution in [0.4, 0.5) is 17.5 Å². The van der Waals surface area contributed by atoms with Crippen LogP contribution in [-0.4, -0.2) is 21.8 Å². The maximum absolute atomic E-state index is 4.73. The Morgan fingerprint density at radius 1 is 0.893 bits per heavy atom. The van der Waals surface area contributed by atoms with E-state index in [1.165, 1.54) is 5.57 Å². The van der Waals surface area contributed by atoms with E-state index in [4.69, 9.17) is 9.98 Å². The average molecular weight is 369 g/mol. The number of benzene rings is 2. The molecule has 5 heteroatoms. The summed E-state index contributed by atoms with van der Waals surface area (Å²) in [5.41, 5.74) is 4.10. The Hall–Kier alpha value is -3.47. The molecule has 1 aliphatic rings. The molecule has 0 saturated carbocycles. The molecule has 2 N–H and O–H groups in total. The van der Waals surface area contributed by atoms with Gasteiger partial charge in [0.15, 0.2) is 0 Å². The standard InChI is InChI=1S/C23H23N5/c1-3-19-16(2)14-21(25-19)27-22-15-20(17-10-6-4-7-11-17)26-23(28-22)24-18-12-8-5-9-13-18/h4-15,19H,3H2,1-2H3,(H2,24,25,26,27,28). The highest BCUT2D eigenvalue weighted by atomic mass is 15.2. The number of hydrogen-bond donors (Lipinski definition) is 2. The van der Waals surface area contributed by atoms with E-state index in [1.807, 2.05) is 66.7 Å². The molecule has 1 atom stereocenters. The Bertz CT molecular complexity index is 1010. The quantitative estimate of drug-likeness (QED) is 0.629. The van der Waals surface area contributed by atoms with Crippen molar-refractivity contribution in [1.82, 2.24) is 9.97 Å². The van der Waals surface area contributed by atoms with Gasteiger partial charge in [-0.2, -0.15) is 4.98 Å². The molecule has 0 bridgehead atoms. The topological polar surface area (TPSA) is 62.2 Å². The van der Waals surface area contributed by atoms with Crippen molar-refractivity contribution in [2.24, 2.45) is 4.99 Å². The first-order valence-corrected chi connectivity index (χ1v) is 9.51. The van der Waals surface area contributed by atoms with E-state index >= 15 is 0 Å². The van der Waals surface area contributed by atoms with Crippen molar-refractivity contribution in [3.05, 3.63) is 78.4 Å². The zero-order valence-electron chi connectivity index (χ0n) is 16.1. The van der Waals surface area contributed by atoms with E-state index in [2.05, 4.69) is 35.5 Å². The molecule has 2 heterocycles. The van der Waals surface area contributed by atoms with Crippen molar-refractivity contribution < 1.29 is 0 Å². The number of anilines is 3. The summed E-state index contributed by atoms with van der Waals surface area (Å²) in [4.78, 5) is 14.1. The SMILES string of the molecule is CCC1N=C(Nc2cc(-c3ccccc3)nc(Nc3ccccc3)n2)C=C1C. The third-order valence-corrected chi connectivity index (χ3v) is 4.65. The summed E-state index contributed by atoms with van der Waals surface area (Å²) in [6.07, 6.45) is 3.08. The molecule has 28 heavy (non-hydrogen) atoms. The third-order valence-electron chi connectivity index (χ3n) is 4.65. The molecule has 0 aliphatic carbocycles. The first kappa shape index (κ1) is 17.9. The van der Waals surface area contributed by atoms with Gasteiger partial charge in [-0.05, 0) is 37.1 Å². The van der Waals surface area contributed by atoms with Crippen LogP contribution in [0.25, 0.3) is 11.3 Å². The summed E-state index contributed by atoms with van der Waals surface area (Å²) in [6.45, 7) is 4.26. The highest BCUT2D eigenvalue weighted by Gasteiger charge is 2.16. The van der Waals surface area contributed by atoms with E-state index in [-0.39, 0.29) is 6.04 Å². The summed E-state index contributed by atoms with van der Waals surface area (Å²) in [7, 11) is 0. The van der Waals surface area contributed by atoms with Crippen LogP contribution in [0.5, 0.6) is 0 Å². The van der Waals surface area contributed by atoms with Gasteiger partial charge in [-0.25, -0.2) is 4.98 Å². The largest absolute Gasteiger partial charge is 0.325 e. The average Bonchev–Trinajstić information content (AvgIpc) is 3.08. The van der Waals surface area contributed by atoms with Crippen molar-refractivity contribution in [2.45, 2.75) is 26.3 Å². The second kappa shape index (κ2) is 8.05. The first-order valence-electron chi connectivity index (χ1n) is 9.51. The van der Waals surface area contributed by atoms with Crippen LogP contribution >= 0.6 is 0 Å². The maximum atomic E-state index is 4.73. The minimum absolute atomic E-state index is 0.250. The third kappa shape index (κ3) is 4.09. The van der Waals surface area contributed by atoms with Crippen molar-refractivity contribution in [3.8, 4) is 11.3 Å². The lowest BCUT2D eigenvalue weighted by Gasteiger charge is -2.11. The summed E-state index contributed by atoms with van der Waals surface area (Å²) in [6, 6.07) is 22.2. The van der Waals surface area contributed by atoms with Gasteiger partial charge in [0.05, 0.1) is 11.7 Å². The van der Waals surface area contributed by atoms with Crippen molar-refractivity contribution in [1.29, 1.82) is 0 Å². The van der Waals surface area contributed by atoms with Crippen LogP contribution in [0.1, 0.15) is 20.3 Å². The van der Waals surface area contributed by atoms with E-state index in [9.17, 15) is 0 Å². The highest BCUT2D eigenvalue weighted by Crippen LogP contribution is 2.24. The van der Waals surface area contributed by atoms with Crippen LogP contribution in [0.15, 0.2) is 83.4 Å². The predicted molar refractivity (Wildman–Crippen MR) is 116 cm³/mol. The van der Waals surface area contributed by atoms with Gasteiger partial charge in [0.2, 0.25) is 5.95 Å². The molecule has 140 valence electrons. The lowest BCUT2D eigenvalue weighted by atomic mass is 10.1. The summed E-state index contributed by atoms with van der Waals surface area (Å²) in [5, 5.41) is 6.64. The molecule has 4 rings (SSSR count). The Balaban J connectivity index is 1.68. The van der Waals surface area contributed by atoms with Gasteiger partial charge < -0.3 is 10.6 Å². The molecule has 0 saturated heterocycles. The molecule has 3 aromatic rings. The molecule has 0 radical (unpaired) electrons. The number of amidine groups is 1. The van der Waals surface area contributed by atoms with Gasteiger partial charge in [-0.1, -0.05) is 55.5 Å². The van der Waals surface area contributed by atoms with E-state index in [1.54, 1.807) is 0 Å². The van der Waals surface area contributed by atoms with Crippen LogP contribution in [0.2, 0.25) is 0 Å². The number of aromatic nitrogens is 2. The molecule has 1 unspecified atom stereocenters. The molecule has 2 aromatic carbocycles. The second-order valence-corrected chi connectivity index (χ2v) is 6.77. The van der Waals surface area contributed by atoms with Gasteiger partial charge in [0.1, 0.15) is 11.7 Å².